The number of ether oxygens (including phenoxy) is 2. The first kappa shape index (κ1) is 27.1. The topological polar surface area (TPSA) is 134 Å². The lowest BCUT2D eigenvalue weighted by Crippen LogP contribution is -2.22. The van der Waals surface area contributed by atoms with Crippen molar-refractivity contribution in [1.82, 2.24) is 0 Å². The first-order valence-corrected chi connectivity index (χ1v) is 7.23. The molecule has 0 rings (SSSR count). The summed E-state index contributed by atoms with van der Waals surface area (Å²) in [4.78, 5) is 22.0. The zero-order valence-electron chi connectivity index (χ0n) is 14.8. The van der Waals surface area contributed by atoms with Crippen LogP contribution in [-0.4, -0.2) is 71.0 Å². The molecule has 4 N–H and O–H groups in total. The summed E-state index contributed by atoms with van der Waals surface area (Å²) in [5, 5.41) is 31.3. The second kappa shape index (κ2) is 17.6. The number of carbonyl (C=O) groups excluding carboxylic acids is 2. The molecule has 0 aromatic heterocycles. The Morgan fingerprint density at radius 1 is 0.958 bits per heavy atom. The van der Waals surface area contributed by atoms with Gasteiger partial charge in [0.15, 0.2) is 0 Å². The molecule has 0 saturated carbocycles. The first-order valence-electron chi connectivity index (χ1n) is 7.23. The number of esters is 2. The maximum Gasteiger partial charge on any atom is 0.333 e. The van der Waals surface area contributed by atoms with E-state index < -0.39 is 24.1 Å². The molecule has 2 atom stereocenters. The highest BCUT2D eigenvalue weighted by Gasteiger charge is 2.12. The third kappa shape index (κ3) is 22.5. The van der Waals surface area contributed by atoms with Gasteiger partial charge < -0.3 is 29.9 Å². The molecule has 0 spiro atoms. The number of hydrogen-bond acceptors (Lipinski definition) is 8. The molecule has 0 amide bonds. The van der Waals surface area contributed by atoms with Gasteiger partial charge in [-0.2, -0.15) is 0 Å². The highest BCUT2D eigenvalue weighted by atomic mass is 16.6. The third-order valence-corrected chi connectivity index (χ3v) is 1.82. The van der Waals surface area contributed by atoms with Crippen LogP contribution in [0.5, 0.6) is 0 Å². The van der Waals surface area contributed by atoms with E-state index in [4.69, 9.17) is 29.9 Å². The van der Waals surface area contributed by atoms with Crippen molar-refractivity contribution in [1.29, 1.82) is 0 Å². The van der Waals surface area contributed by atoms with Crippen LogP contribution in [0.3, 0.4) is 0 Å². The van der Waals surface area contributed by atoms with Crippen molar-refractivity contribution in [3.8, 4) is 0 Å². The maximum atomic E-state index is 11.1. The van der Waals surface area contributed by atoms with Crippen molar-refractivity contribution in [2.24, 2.45) is 0 Å². The Morgan fingerprint density at radius 3 is 1.58 bits per heavy atom. The van der Waals surface area contributed by atoms with Crippen molar-refractivity contribution in [3.05, 3.63) is 24.3 Å². The quantitative estimate of drug-likeness (QED) is 0.371. The summed E-state index contributed by atoms with van der Waals surface area (Å²) in [6.45, 7) is 12.7. The van der Waals surface area contributed by atoms with Gasteiger partial charge in [0.05, 0.1) is 25.9 Å². The molecule has 0 bridgehead atoms. The van der Waals surface area contributed by atoms with E-state index in [9.17, 15) is 9.59 Å². The lowest BCUT2D eigenvalue weighted by molar-refractivity contribution is -0.152. The molecule has 8 heteroatoms. The van der Waals surface area contributed by atoms with Crippen LogP contribution in [0.15, 0.2) is 24.3 Å². The van der Waals surface area contributed by atoms with Gasteiger partial charge >= 0.3 is 11.9 Å². The predicted molar refractivity (Wildman–Crippen MR) is 89.1 cm³/mol. The number of hydrogen-bond donors (Lipinski definition) is 4. The Balaban J connectivity index is -0.000000402. The first-order chi connectivity index (χ1) is 11.0. The molecule has 0 aliphatic carbocycles. The van der Waals surface area contributed by atoms with Gasteiger partial charge in [-0.3, -0.25) is 0 Å². The van der Waals surface area contributed by atoms with Crippen LogP contribution in [0.1, 0.15) is 27.7 Å². The molecule has 0 heterocycles. The molecule has 0 radical (unpaired) electrons. The van der Waals surface area contributed by atoms with Crippen molar-refractivity contribution in [2.45, 2.75) is 39.9 Å². The molecule has 0 aromatic rings. The predicted octanol–water partition coefficient (Wildman–Crippen LogP) is -0.0560. The third-order valence-electron chi connectivity index (χ3n) is 1.82. The van der Waals surface area contributed by atoms with Gasteiger partial charge in [0.25, 0.3) is 0 Å². The van der Waals surface area contributed by atoms with Crippen LogP contribution >= 0.6 is 0 Å². The Morgan fingerprint density at radius 2 is 1.33 bits per heavy atom. The van der Waals surface area contributed by atoms with Crippen molar-refractivity contribution < 1.29 is 39.5 Å². The summed E-state index contributed by atoms with van der Waals surface area (Å²) in [5.41, 5.74) is 0.626. The molecule has 0 aliphatic rings. The molecule has 0 saturated heterocycles. The van der Waals surface area contributed by atoms with Gasteiger partial charge in [0.2, 0.25) is 0 Å². The maximum absolute atomic E-state index is 11.1. The van der Waals surface area contributed by atoms with Crippen molar-refractivity contribution in [2.75, 3.05) is 26.4 Å². The average molecular weight is 350 g/mol. The zero-order chi connectivity index (χ0) is 19.7. The van der Waals surface area contributed by atoms with E-state index in [0.717, 1.165) is 0 Å². The summed E-state index contributed by atoms with van der Waals surface area (Å²) >= 11 is 0. The van der Waals surface area contributed by atoms with Gasteiger partial charge in [0.1, 0.15) is 12.7 Å². The smallest absolute Gasteiger partial charge is 0.333 e. The van der Waals surface area contributed by atoms with Crippen molar-refractivity contribution >= 4 is 11.9 Å². The molecule has 142 valence electrons. The minimum Gasteiger partial charge on any atom is -0.458 e. The molecule has 0 aliphatic heterocycles. The van der Waals surface area contributed by atoms with Crippen LogP contribution in [0.25, 0.3) is 0 Å². The fourth-order valence-electron chi connectivity index (χ4n) is 0.634. The van der Waals surface area contributed by atoms with E-state index in [1.165, 1.54) is 6.92 Å². The Bertz CT molecular complexity index is 374. The summed E-state index contributed by atoms with van der Waals surface area (Å²) in [6.07, 6.45) is -1.05. The van der Waals surface area contributed by atoms with Crippen molar-refractivity contribution in [3.63, 3.8) is 0 Å². The van der Waals surface area contributed by atoms with E-state index in [-0.39, 0.29) is 26.4 Å². The fraction of sp³-hybridized carbons (Fsp3) is 0.625. The van der Waals surface area contributed by atoms with Crippen LogP contribution in [-0.2, 0) is 19.1 Å². The molecule has 2 unspecified atom stereocenters. The highest BCUT2D eigenvalue weighted by molar-refractivity contribution is 5.87. The number of carbonyl (C=O) groups is 2. The van der Waals surface area contributed by atoms with Crippen LogP contribution in [0.4, 0.5) is 0 Å². The molecule has 0 aromatic carbocycles. The number of aliphatic hydroxyl groups excluding tert-OH is 4. The average Bonchev–Trinajstić information content (AvgIpc) is 2.52. The van der Waals surface area contributed by atoms with Crippen LogP contribution < -0.4 is 0 Å². The Kier molecular flexibility index (Phi) is 19.9. The largest absolute Gasteiger partial charge is 0.458 e. The van der Waals surface area contributed by atoms with E-state index in [1.807, 2.05) is 0 Å². The van der Waals surface area contributed by atoms with E-state index in [1.54, 1.807) is 20.8 Å². The number of aliphatic hydroxyl groups is 4. The Labute approximate surface area is 143 Å². The summed E-state index contributed by atoms with van der Waals surface area (Å²) in [5.74, 6) is -0.984. The highest BCUT2D eigenvalue weighted by Crippen LogP contribution is 2.00. The molecular formula is C16H30O8. The van der Waals surface area contributed by atoms with Gasteiger partial charge in [0, 0.05) is 11.1 Å². The summed E-state index contributed by atoms with van der Waals surface area (Å²) in [6, 6.07) is 0. The monoisotopic (exact) mass is 350 g/mol. The minimum atomic E-state index is -0.560. The van der Waals surface area contributed by atoms with Crippen LogP contribution in [0, 0.1) is 0 Å². The second-order valence-electron chi connectivity index (χ2n) is 4.85. The standard InChI is InChI=1S/C11H16O4.C3H8O2.C2H6O2/c1-7(2)10(12)14-6-9(5)15-11(13)8(3)4;1-3(5)2-4;3-1-2-4/h9H,1,3,6H2,2,4-5H3;3-5H,2H2,1H3;3-4H,1-2H2. The molecule has 8 nitrogen and oxygen atoms in total. The lowest BCUT2D eigenvalue weighted by Gasteiger charge is -2.13. The summed E-state index contributed by atoms with van der Waals surface area (Å²) in [7, 11) is 0. The second-order valence-corrected chi connectivity index (χ2v) is 4.85. The zero-order valence-corrected chi connectivity index (χ0v) is 14.8. The van der Waals surface area contributed by atoms with Gasteiger partial charge in [-0.05, 0) is 27.7 Å². The molecule has 24 heavy (non-hydrogen) atoms. The van der Waals surface area contributed by atoms with E-state index in [0.29, 0.717) is 11.1 Å². The number of rotatable bonds is 7. The molecule has 0 fully saturated rings. The molecular weight excluding hydrogens is 320 g/mol. The Hall–Kier alpha value is -1.74. The summed E-state index contributed by atoms with van der Waals surface area (Å²) < 4.78 is 9.70. The van der Waals surface area contributed by atoms with Gasteiger partial charge in [-0.25, -0.2) is 9.59 Å². The lowest BCUT2D eigenvalue weighted by atomic mass is 10.3. The van der Waals surface area contributed by atoms with Gasteiger partial charge in [-0.1, -0.05) is 13.2 Å². The van der Waals surface area contributed by atoms with Gasteiger partial charge in [-0.15, -0.1) is 0 Å². The van der Waals surface area contributed by atoms with Crippen LogP contribution in [0.2, 0.25) is 0 Å². The van der Waals surface area contributed by atoms with E-state index >= 15 is 0 Å². The van der Waals surface area contributed by atoms with E-state index in [2.05, 4.69) is 13.2 Å². The fourth-order valence-corrected chi connectivity index (χ4v) is 0.634. The SMILES string of the molecule is C=C(C)C(=O)OCC(C)OC(=O)C(=C)C.CC(O)CO.OCCO. The minimum absolute atomic E-state index is 0.0186. The normalized spacial score (nSPS) is 11.5.